The number of aromatic nitrogens is 2. The van der Waals surface area contributed by atoms with Crippen molar-refractivity contribution in [2.45, 2.75) is 39.0 Å². The molecule has 0 saturated heterocycles. The quantitative estimate of drug-likeness (QED) is 0.788. The zero-order chi connectivity index (χ0) is 16.1. The monoisotopic (exact) mass is 333 g/mol. The summed E-state index contributed by atoms with van der Waals surface area (Å²) in [6, 6.07) is 5.52. The molecule has 3 rings (SSSR count). The molecule has 0 atom stereocenters. The van der Waals surface area contributed by atoms with E-state index >= 15 is 0 Å². The highest BCUT2D eigenvalue weighted by Gasteiger charge is 2.15. The molecular formula is C16H19N3O3S. The molecular weight excluding hydrogens is 314 g/mol. The average molecular weight is 333 g/mol. The maximum absolute atomic E-state index is 12.1. The van der Waals surface area contributed by atoms with Crippen LogP contribution in [-0.4, -0.2) is 22.9 Å². The largest absolute Gasteiger partial charge is 0.454 e. The molecule has 0 unspecified atom stereocenters. The molecule has 2 aromatic rings. The predicted molar refractivity (Wildman–Crippen MR) is 88.0 cm³/mol. The maximum Gasteiger partial charge on any atom is 0.231 e. The molecule has 1 aliphatic heterocycles. The molecule has 23 heavy (non-hydrogen) atoms. The first-order valence-corrected chi connectivity index (χ1v) is 8.57. The van der Waals surface area contributed by atoms with E-state index in [1.807, 2.05) is 18.2 Å². The third kappa shape index (κ3) is 4.19. The highest BCUT2D eigenvalue weighted by atomic mass is 32.1. The SMILES string of the molecule is CCCCCc1nnc(NC(=O)Cc2ccc3c(c2)OCO3)s1. The average Bonchev–Trinajstić information content (AvgIpc) is 3.16. The van der Waals surface area contributed by atoms with Gasteiger partial charge in [0.2, 0.25) is 17.8 Å². The molecule has 1 aromatic carbocycles. The van der Waals surface area contributed by atoms with Gasteiger partial charge in [-0.2, -0.15) is 0 Å². The fourth-order valence-electron chi connectivity index (χ4n) is 2.33. The third-order valence-corrected chi connectivity index (χ3v) is 4.41. The summed E-state index contributed by atoms with van der Waals surface area (Å²) in [7, 11) is 0. The number of hydrogen-bond acceptors (Lipinski definition) is 6. The molecule has 7 heteroatoms. The lowest BCUT2D eigenvalue weighted by atomic mass is 10.1. The molecule has 6 nitrogen and oxygen atoms in total. The minimum atomic E-state index is -0.111. The first-order valence-electron chi connectivity index (χ1n) is 7.75. The Balaban J connectivity index is 1.53. The highest BCUT2D eigenvalue weighted by molar-refractivity contribution is 7.15. The van der Waals surface area contributed by atoms with E-state index in [1.54, 1.807) is 0 Å². The number of fused-ring (bicyclic) bond motifs is 1. The Morgan fingerprint density at radius 1 is 1.26 bits per heavy atom. The molecule has 1 N–H and O–H groups in total. The molecule has 1 aromatic heterocycles. The normalized spacial score (nSPS) is 12.4. The minimum absolute atomic E-state index is 0.111. The summed E-state index contributed by atoms with van der Waals surface area (Å²) in [5.41, 5.74) is 0.874. The molecule has 0 bridgehead atoms. The van der Waals surface area contributed by atoms with Crippen LogP contribution in [0.15, 0.2) is 18.2 Å². The van der Waals surface area contributed by atoms with Gasteiger partial charge < -0.3 is 14.8 Å². The van der Waals surface area contributed by atoms with Gasteiger partial charge in [-0.25, -0.2) is 0 Å². The van der Waals surface area contributed by atoms with Crippen LogP contribution in [0.1, 0.15) is 36.8 Å². The van der Waals surface area contributed by atoms with Crippen LogP contribution in [0.5, 0.6) is 11.5 Å². The zero-order valence-corrected chi connectivity index (χ0v) is 13.8. The van der Waals surface area contributed by atoms with Crippen LogP contribution in [-0.2, 0) is 17.6 Å². The predicted octanol–water partition coefficient (Wildman–Crippen LogP) is 3.18. The van der Waals surface area contributed by atoms with Crippen molar-refractivity contribution >= 4 is 22.4 Å². The van der Waals surface area contributed by atoms with Crippen molar-refractivity contribution in [2.24, 2.45) is 0 Å². The minimum Gasteiger partial charge on any atom is -0.454 e. The third-order valence-electron chi connectivity index (χ3n) is 3.51. The van der Waals surface area contributed by atoms with Gasteiger partial charge >= 0.3 is 0 Å². The first kappa shape index (κ1) is 15.7. The van der Waals surface area contributed by atoms with Crippen LogP contribution in [0.2, 0.25) is 0 Å². The van der Waals surface area contributed by atoms with Crippen LogP contribution in [0, 0.1) is 0 Å². The molecule has 0 saturated carbocycles. The molecule has 0 radical (unpaired) electrons. The topological polar surface area (TPSA) is 73.3 Å². The first-order chi connectivity index (χ1) is 11.2. The number of anilines is 1. The van der Waals surface area contributed by atoms with Gasteiger partial charge in [0.15, 0.2) is 11.5 Å². The van der Waals surface area contributed by atoms with Gasteiger partial charge in [-0.15, -0.1) is 10.2 Å². The van der Waals surface area contributed by atoms with Crippen LogP contribution < -0.4 is 14.8 Å². The van der Waals surface area contributed by atoms with Crippen LogP contribution in [0.25, 0.3) is 0 Å². The summed E-state index contributed by atoms with van der Waals surface area (Å²) in [5, 5.41) is 12.5. The summed E-state index contributed by atoms with van der Waals surface area (Å²) < 4.78 is 10.6. The van der Waals surface area contributed by atoms with Crippen LogP contribution >= 0.6 is 11.3 Å². The summed E-state index contributed by atoms with van der Waals surface area (Å²) in [6.45, 7) is 2.40. The lowest BCUT2D eigenvalue weighted by Crippen LogP contribution is -2.14. The number of amides is 1. The zero-order valence-electron chi connectivity index (χ0n) is 13.0. The standard InChI is InChI=1S/C16H19N3O3S/c1-2-3-4-5-15-18-19-16(23-15)17-14(20)9-11-6-7-12-13(8-11)22-10-21-12/h6-8H,2-5,9-10H2,1H3,(H,17,19,20). The van der Waals surface area contributed by atoms with Crippen molar-refractivity contribution in [3.8, 4) is 11.5 Å². The van der Waals surface area contributed by atoms with Crippen molar-refractivity contribution < 1.29 is 14.3 Å². The van der Waals surface area contributed by atoms with Crippen molar-refractivity contribution in [1.29, 1.82) is 0 Å². The summed E-state index contributed by atoms with van der Waals surface area (Å²) >= 11 is 1.44. The number of benzene rings is 1. The molecule has 0 aliphatic carbocycles. The van der Waals surface area contributed by atoms with Gasteiger partial charge in [-0.3, -0.25) is 4.79 Å². The Morgan fingerprint density at radius 2 is 2.13 bits per heavy atom. The summed E-state index contributed by atoms with van der Waals surface area (Å²) in [5.74, 6) is 1.29. The van der Waals surface area contributed by atoms with Gasteiger partial charge in [0.25, 0.3) is 0 Å². The second-order valence-corrected chi connectivity index (χ2v) is 6.43. The number of carbonyl (C=O) groups is 1. The van der Waals surface area contributed by atoms with Gasteiger partial charge in [0, 0.05) is 6.42 Å². The fraction of sp³-hybridized carbons (Fsp3) is 0.438. The van der Waals surface area contributed by atoms with Crippen molar-refractivity contribution in [3.05, 3.63) is 28.8 Å². The van der Waals surface area contributed by atoms with Crippen LogP contribution in [0.4, 0.5) is 5.13 Å². The number of nitrogens with zero attached hydrogens (tertiary/aromatic N) is 2. The number of aryl methyl sites for hydroxylation is 1. The molecule has 1 amide bonds. The maximum atomic E-state index is 12.1. The molecule has 0 fully saturated rings. The number of rotatable bonds is 7. The Kier molecular flexibility index (Phi) is 5.07. The van der Waals surface area contributed by atoms with Crippen molar-refractivity contribution in [2.75, 3.05) is 12.1 Å². The molecule has 0 spiro atoms. The van der Waals surface area contributed by atoms with Gasteiger partial charge in [-0.1, -0.05) is 37.2 Å². The molecule has 1 aliphatic rings. The Morgan fingerprint density at radius 3 is 3.00 bits per heavy atom. The van der Waals surface area contributed by atoms with Gasteiger partial charge in [-0.05, 0) is 24.1 Å². The molecule has 2 heterocycles. The Labute approximate surface area is 138 Å². The number of ether oxygens (including phenoxy) is 2. The van der Waals surface area contributed by atoms with E-state index in [9.17, 15) is 4.79 Å². The van der Waals surface area contributed by atoms with E-state index in [4.69, 9.17) is 9.47 Å². The lowest BCUT2D eigenvalue weighted by Gasteiger charge is -2.03. The Hall–Kier alpha value is -2.15. The van der Waals surface area contributed by atoms with E-state index < -0.39 is 0 Å². The number of unbranched alkanes of at least 4 members (excludes halogenated alkanes) is 2. The summed E-state index contributed by atoms with van der Waals surface area (Å²) in [4.78, 5) is 12.1. The second kappa shape index (κ2) is 7.41. The van der Waals surface area contributed by atoms with E-state index in [0.29, 0.717) is 10.9 Å². The van der Waals surface area contributed by atoms with E-state index in [1.165, 1.54) is 24.2 Å². The van der Waals surface area contributed by atoms with Gasteiger partial charge in [0.1, 0.15) is 5.01 Å². The van der Waals surface area contributed by atoms with Crippen molar-refractivity contribution in [3.63, 3.8) is 0 Å². The van der Waals surface area contributed by atoms with Gasteiger partial charge in [0.05, 0.1) is 6.42 Å². The second-order valence-electron chi connectivity index (χ2n) is 5.37. The highest BCUT2D eigenvalue weighted by Crippen LogP contribution is 2.32. The fourth-order valence-corrected chi connectivity index (χ4v) is 3.13. The lowest BCUT2D eigenvalue weighted by molar-refractivity contribution is -0.115. The van der Waals surface area contributed by atoms with E-state index in [2.05, 4.69) is 22.4 Å². The number of hydrogen-bond donors (Lipinski definition) is 1. The van der Waals surface area contributed by atoms with E-state index in [-0.39, 0.29) is 19.1 Å². The smallest absolute Gasteiger partial charge is 0.231 e. The number of nitrogens with one attached hydrogen (secondary N) is 1. The number of carbonyl (C=O) groups excluding carboxylic acids is 1. The Bertz CT molecular complexity index is 687. The van der Waals surface area contributed by atoms with Crippen LogP contribution in [0.3, 0.4) is 0 Å². The van der Waals surface area contributed by atoms with E-state index in [0.717, 1.165) is 29.2 Å². The summed E-state index contributed by atoms with van der Waals surface area (Å²) in [6.07, 6.45) is 4.66. The molecule has 122 valence electrons. The van der Waals surface area contributed by atoms with Crippen molar-refractivity contribution in [1.82, 2.24) is 10.2 Å².